The van der Waals surface area contributed by atoms with Crippen LogP contribution in [0, 0.1) is 0 Å². The van der Waals surface area contributed by atoms with E-state index in [0.29, 0.717) is 12.5 Å². The number of carbonyl (C=O) groups is 1. The molecule has 0 radical (unpaired) electrons. The van der Waals surface area contributed by atoms with Crippen LogP contribution in [0.15, 0.2) is 35.3 Å². The highest BCUT2D eigenvalue weighted by Gasteiger charge is 2.43. The van der Waals surface area contributed by atoms with Gasteiger partial charge in [-0.2, -0.15) is 0 Å². The van der Waals surface area contributed by atoms with E-state index in [1.807, 2.05) is 19.9 Å². The zero-order valence-corrected chi connectivity index (χ0v) is 16.9. The molecule has 1 aliphatic rings. The molecular formula is C18H29IN4O. The number of rotatable bonds is 8. The van der Waals surface area contributed by atoms with Gasteiger partial charge < -0.3 is 16.0 Å². The van der Waals surface area contributed by atoms with E-state index in [4.69, 9.17) is 0 Å². The molecule has 1 saturated carbocycles. The highest BCUT2D eigenvalue weighted by atomic mass is 127. The maximum Gasteiger partial charge on any atom is 0.241 e. The maximum absolute atomic E-state index is 11.7. The van der Waals surface area contributed by atoms with Crippen LogP contribution in [0.2, 0.25) is 0 Å². The second-order valence-electron chi connectivity index (χ2n) is 6.05. The molecule has 24 heavy (non-hydrogen) atoms. The van der Waals surface area contributed by atoms with Crippen LogP contribution in [-0.2, 0) is 10.2 Å². The lowest BCUT2D eigenvalue weighted by atomic mass is 9.96. The molecule has 0 spiro atoms. The van der Waals surface area contributed by atoms with Gasteiger partial charge in [0.1, 0.15) is 6.54 Å². The van der Waals surface area contributed by atoms with Gasteiger partial charge in [-0.25, -0.2) is 4.99 Å². The first-order chi connectivity index (χ1) is 11.2. The summed E-state index contributed by atoms with van der Waals surface area (Å²) < 4.78 is 0. The molecule has 1 amide bonds. The van der Waals surface area contributed by atoms with Crippen LogP contribution >= 0.6 is 24.0 Å². The van der Waals surface area contributed by atoms with Gasteiger partial charge in [0.15, 0.2) is 5.96 Å². The minimum absolute atomic E-state index is 0. The van der Waals surface area contributed by atoms with Crippen molar-refractivity contribution in [3.05, 3.63) is 35.9 Å². The predicted molar refractivity (Wildman–Crippen MR) is 110 cm³/mol. The Labute approximate surface area is 162 Å². The Morgan fingerprint density at radius 2 is 1.83 bits per heavy atom. The van der Waals surface area contributed by atoms with E-state index in [0.717, 1.165) is 19.5 Å². The lowest BCUT2D eigenvalue weighted by Gasteiger charge is -2.19. The van der Waals surface area contributed by atoms with E-state index in [1.54, 1.807) is 0 Å². The Balaban J connectivity index is 0.00000288. The SMILES string of the molecule is CCCNC(=O)CN=C(NCC)NCC1(c2ccccc2)CC1.I. The number of aliphatic imine (C=N–C) groups is 1. The van der Waals surface area contributed by atoms with Crippen LogP contribution < -0.4 is 16.0 Å². The van der Waals surface area contributed by atoms with E-state index < -0.39 is 0 Å². The summed E-state index contributed by atoms with van der Waals surface area (Å²) in [6, 6.07) is 10.6. The van der Waals surface area contributed by atoms with E-state index >= 15 is 0 Å². The van der Waals surface area contributed by atoms with Crippen molar-refractivity contribution >= 4 is 35.8 Å². The van der Waals surface area contributed by atoms with Crippen LogP contribution in [0.1, 0.15) is 38.7 Å². The molecule has 0 unspecified atom stereocenters. The van der Waals surface area contributed by atoms with Gasteiger partial charge in [0.05, 0.1) is 0 Å². The molecule has 3 N–H and O–H groups in total. The molecular weight excluding hydrogens is 415 g/mol. The Kier molecular flexibility index (Phi) is 9.10. The average Bonchev–Trinajstić information content (AvgIpc) is 3.37. The predicted octanol–water partition coefficient (Wildman–Crippen LogP) is 2.42. The second-order valence-corrected chi connectivity index (χ2v) is 6.05. The third-order valence-corrected chi connectivity index (χ3v) is 4.13. The first-order valence-corrected chi connectivity index (χ1v) is 8.54. The minimum Gasteiger partial charge on any atom is -0.357 e. The summed E-state index contributed by atoms with van der Waals surface area (Å²) in [5.74, 6) is 0.676. The number of benzene rings is 1. The van der Waals surface area contributed by atoms with Crippen LogP contribution in [-0.4, -0.2) is 38.0 Å². The second kappa shape index (κ2) is 10.5. The fourth-order valence-electron chi connectivity index (χ4n) is 2.58. The number of amides is 1. The highest BCUT2D eigenvalue weighted by Crippen LogP contribution is 2.47. The van der Waals surface area contributed by atoms with Crippen LogP contribution in [0.4, 0.5) is 0 Å². The van der Waals surface area contributed by atoms with Gasteiger partial charge in [0.2, 0.25) is 5.91 Å². The average molecular weight is 444 g/mol. The van der Waals surface area contributed by atoms with Crippen molar-refractivity contribution in [2.75, 3.05) is 26.2 Å². The summed E-state index contributed by atoms with van der Waals surface area (Å²) in [5.41, 5.74) is 1.60. The summed E-state index contributed by atoms with van der Waals surface area (Å²) in [6.07, 6.45) is 3.33. The molecule has 0 atom stereocenters. The third kappa shape index (κ3) is 6.30. The quantitative estimate of drug-likeness (QED) is 0.328. The van der Waals surface area contributed by atoms with Gasteiger partial charge in [0.25, 0.3) is 0 Å². The van der Waals surface area contributed by atoms with Gasteiger partial charge in [-0.05, 0) is 31.7 Å². The van der Waals surface area contributed by atoms with E-state index in [2.05, 4.69) is 45.2 Å². The molecule has 0 bridgehead atoms. The number of carbonyl (C=O) groups excluding carboxylic acids is 1. The van der Waals surface area contributed by atoms with Crippen molar-refractivity contribution in [2.45, 2.75) is 38.5 Å². The summed E-state index contributed by atoms with van der Waals surface area (Å²) in [6.45, 7) is 6.55. The largest absolute Gasteiger partial charge is 0.357 e. The monoisotopic (exact) mass is 444 g/mol. The molecule has 1 aromatic rings. The molecule has 0 heterocycles. The van der Waals surface area contributed by atoms with Crippen molar-refractivity contribution in [1.82, 2.24) is 16.0 Å². The lowest BCUT2D eigenvalue weighted by molar-refractivity contribution is -0.119. The number of nitrogens with zero attached hydrogens (tertiary/aromatic N) is 1. The minimum atomic E-state index is -0.0340. The molecule has 0 aromatic heterocycles. The first-order valence-electron chi connectivity index (χ1n) is 8.54. The summed E-state index contributed by atoms with van der Waals surface area (Å²) in [5, 5.41) is 9.44. The van der Waals surface area contributed by atoms with Gasteiger partial charge in [-0.1, -0.05) is 37.3 Å². The zero-order chi connectivity index (χ0) is 16.5. The zero-order valence-electron chi connectivity index (χ0n) is 14.6. The third-order valence-electron chi connectivity index (χ3n) is 4.13. The molecule has 1 aromatic carbocycles. The molecule has 1 aliphatic carbocycles. The van der Waals surface area contributed by atoms with Gasteiger partial charge in [0, 0.05) is 25.0 Å². The molecule has 6 heteroatoms. The van der Waals surface area contributed by atoms with Gasteiger partial charge in [-0.15, -0.1) is 24.0 Å². The summed E-state index contributed by atoms with van der Waals surface area (Å²) in [4.78, 5) is 16.0. The smallest absolute Gasteiger partial charge is 0.241 e. The molecule has 0 aliphatic heterocycles. The number of halogens is 1. The van der Waals surface area contributed by atoms with Crippen molar-refractivity contribution in [1.29, 1.82) is 0 Å². The molecule has 5 nitrogen and oxygen atoms in total. The van der Waals surface area contributed by atoms with Crippen molar-refractivity contribution in [2.24, 2.45) is 4.99 Å². The Morgan fingerprint density at radius 3 is 2.42 bits per heavy atom. The number of nitrogens with one attached hydrogen (secondary N) is 3. The number of hydrogen-bond acceptors (Lipinski definition) is 2. The lowest BCUT2D eigenvalue weighted by Crippen LogP contribution is -2.42. The normalized spacial score (nSPS) is 15.2. The summed E-state index contributed by atoms with van der Waals surface area (Å²) >= 11 is 0. The first kappa shape index (κ1) is 20.7. The Morgan fingerprint density at radius 1 is 1.12 bits per heavy atom. The van der Waals surface area contributed by atoms with Gasteiger partial charge in [-0.3, -0.25) is 4.79 Å². The van der Waals surface area contributed by atoms with Crippen molar-refractivity contribution < 1.29 is 4.79 Å². The highest BCUT2D eigenvalue weighted by molar-refractivity contribution is 14.0. The van der Waals surface area contributed by atoms with E-state index in [9.17, 15) is 4.79 Å². The standard InChI is InChI=1S/C18H28N4O.HI/c1-3-12-20-16(23)13-21-17(19-4-2)22-14-18(10-11-18)15-8-6-5-7-9-15;/h5-9H,3-4,10-14H2,1-2H3,(H,20,23)(H2,19,21,22);1H. The van der Waals surface area contributed by atoms with E-state index in [1.165, 1.54) is 18.4 Å². The molecule has 1 fully saturated rings. The van der Waals surface area contributed by atoms with Crippen LogP contribution in [0.3, 0.4) is 0 Å². The molecule has 134 valence electrons. The number of hydrogen-bond donors (Lipinski definition) is 3. The summed E-state index contributed by atoms with van der Waals surface area (Å²) in [7, 11) is 0. The fourth-order valence-corrected chi connectivity index (χ4v) is 2.58. The Bertz CT molecular complexity index is 529. The van der Waals surface area contributed by atoms with Crippen LogP contribution in [0.25, 0.3) is 0 Å². The van der Waals surface area contributed by atoms with Gasteiger partial charge >= 0.3 is 0 Å². The van der Waals surface area contributed by atoms with E-state index in [-0.39, 0.29) is 41.8 Å². The Hall–Kier alpha value is -1.31. The topological polar surface area (TPSA) is 65.5 Å². The number of guanidine groups is 1. The van der Waals surface area contributed by atoms with Crippen molar-refractivity contribution in [3.8, 4) is 0 Å². The fraction of sp³-hybridized carbons (Fsp3) is 0.556. The van der Waals surface area contributed by atoms with Crippen LogP contribution in [0.5, 0.6) is 0 Å². The molecule has 2 rings (SSSR count). The van der Waals surface area contributed by atoms with Crippen molar-refractivity contribution in [3.63, 3.8) is 0 Å². The molecule has 0 saturated heterocycles. The maximum atomic E-state index is 11.7.